The topological polar surface area (TPSA) is 0 Å². The van der Waals surface area contributed by atoms with Crippen LogP contribution in [-0.2, 0) is 19.5 Å². The Labute approximate surface area is 100 Å². The molecule has 0 N–H and O–H groups in total. The molecule has 0 amide bonds. The van der Waals surface area contributed by atoms with E-state index in [1.165, 1.54) is 25.7 Å². The SMILES string of the molecule is C1=CCC/C=C\CC1.[C-]1=CC=CC1.[Rh]. The molecular formula is C13H17Rh-. The molecule has 0 heterocycles. The maximum Gasteiger partial charge on any atom is 0 e. The first-order valence-electron chi connectivity index (χ1n) is 5.02. The van der Waals surface area contributed by atoms with E-state index in [1.54, 1.807) is 0 Å². The zero-order chi connectivity index (χ0) is 9.19. The van der Waals surface area contributed by atoms with Crippen molar-refractivity contribution in [3.63, 3.8) is 0 Å². The maximum absolute atomic E-state index is 2.99. The average molecular weight is 276 g/mol. The van der Waals surface area contributed by atoms with Crippen molar-refractivity contribution in [2.45, 2.75) is 32.1 Å². The van der Waals surface area contributed by atoms with Gasteiger partial charge in [0.25, 0.3) is 0 Å². The number of hydrogen-bond donors (Lipinski definition) is 0. The van der Waals surface area contributed by atoms with Gasteiger partial charge in [-0.3, -0.25) is 6.08 Å². The molecule has 1 radical (unpaired) electrons. The minimum absolute atomic E-state index is 0. The van der Waals surface area contributed by atoms with Crippen molar-refractivity contribution in [1.29, 1.82) is 0 Å². The largest absolute Gasteiger partial charge is 0.273 e. The van der Waals surface area contributed by atoms with Crippen LogP contribution >= 0.6 is 0 Å². The van der Waals surface area contributed by atoms with Crippen molar-refractivity contribution in [1.82, 2.24) is 0 Å². The average Bonchev–Trinajstić information content (AvgIpc) is 2.58. The van der Waals surface area contributed by atoms with E-state index in [1.807, 2.05) is 12.2 Å². The molecule has 0 aromatic carbocycles. The molecule has 0 bridgehead atoms. The summed E-state index contributed by atoms with van der Waals surface area (Å²) in [4.78, 5) is 0. The van der Waals surface area contributed by atoms with E-state index >= 15 is 0 Å². The molecule has 0 fully saturated rings. The first-order chi connectivity index (χ1) is 6.50. The Balaban J connectivity index is 0.000000246. The third kappa shape index (κ3) is 8.19. The molecule has 0 atom stereocenters. The molecular weight excluding hydrogens is 259 g/mol. The van der Waals surface area contributed by atoms with Gasteiger partial charge < -0.3 is 0 Å². The van der Waals surface area contributed by atoms with Gasteiger partial charge in [0.15, 0.2) is 0 Å². The van der Waals surface area contributed by atoms with Crippen LogP contribution in [0, 0.1) is 6.08 Å². The van der Waals surface area contributed by atoms with Crippen LogP contribution in [0.5, 0.6) is 0 Å². The number of hydrogen-bond acceptors (Lipinski definition) is 0. The summed E-state index contributed by atoms with van der Waals surface area (Å²) < 4.78 is 0. The molecule has 2 aliphatic rings. The standard InChI is InChI=1S/C8H12.C5H5.Rh/c1-2-4-6-8-7-5-3-1;1-2-4-5-3-1;/h1-2,7-8H,3-6H2;1-3H,4H2;/q;-1;/b2-1-,8-7?;;. The van der Waals surface area contributed by atoms with Crippen LogP contribution in [0.15, 0.2) is 42.5 Å². The molecule has 14 heavy (non-hydrogen) atoms. The summed E-state index contributed by atoms with van der Waals surface area (Å²) >= 11 is 0. The number of rotatable bonds is 0. The van der Waals surface area contributed by atoms with Gasteiger partial charge in [0, 0.05) is 19.5 Å². The Hall–Kier alpha value is -0.417. The minimum Gasteiger partial charge on any atom is -0.273 e. The van der Waals surface area contributed by atoms with E-state index in [0.717, 1.165) is 6.42 Å². The van der Waals surface area contributed by atoms with Crippen LogP contribution in [0.2, 0.25) is 0 Å². The molecule has 0 saturated heterocycles. The Kier molecular flexibility index (Phi) is 10.3. The fourth-order valence-corrected chi connectivity index (χ4v) is 1.20. The Morgan fingerprint density at radius 3 is 1.43 bits per heavy atom. The van der Waals surface area contributed by atoms with Gasteiger partial charge in [0.1, 0.15) is 0 Å². The third-order valence-electron chi connectivity index (χ3n) is 1.92. The van der Waals surface area contributed by atoms with Gasteiger partial charge in [0.2, 0.25) is 0 Å². The van der Waals surface area contributed by atoms with Crippen LogP contribution in [0.1, 0.15) is 32.1 Å². The van der Waals surface area contributed by atoms with Crippen LogP contribution in [0.4, 0.5) is 0 Å². The predicted octanol–water partition coefficient (Wildman–Crippen LogP) is 3.98. The van der Waals surface area contributed by atoms with E-state index in [2.05, 4.69) is 36.5 Å². The summed E-state index contributed by atoms with van der Waals surface area (Å²) in [6.45, 7) is 0. The monoisotopic (exact) mass is 276 g/mol. The van der Waals surface area contributed by atoms with Crippen molar-refractivity contribution in [2.75, 3.05) is 0 Å². The van der Waals surface area contributed by atoms with Crippen molar-refractivity contribution < 1.29 is 19.5 Å². The molecule has 2 aliphatic carbocycles. The zero-order valence-corrected chi connectivity index (χ0v) is 10.0. The zero-order valence-electron chi connectivity index (χ0n) is 8.41. The maximum atomic E-state index is 2.99. The summed E-state index contributed by atoms with van der Waals surface area (Å²) in [7, 11) is 0. The molecule has 0 unspecified atom stereocenters. The van der Waals surface area contributed by atoms with Crippen LogP contribution in [-0.4, -0.2) is 0 Å². The first kappa shape index (κ1) is 13.6. The minimum atomic E-state index is 0. The van der Waals surface area contributed by atoms with Gasteiger partial charge in [-0.1, -0.05) is 24.3 Å². The molecule has 0 aromatic heterocycles. The van der Waals surface area contributed by atoms with Gasteiger partial charge in [-0.2, -0.15) is 6.08 Å². The second-order valence-electron chi connectivity index (χ2n) is 3.10. The molecule has 0 aliphatic heterocycles. The predicted molar refractivity (Wildman–Crippen MR) is 58.3 cm³/mol. The Morgan fingerprint density at radius 2 is 1.21 bits per heavy atom. The quantitative estimate of drug-likeness (QED) is 0.357. The van der Waals surface area contributed by atoms with Crippen LogP contribution < -0.4 is 0 Å². The molecule has 2 rings (SSSR count). The summed E-state index contributed by atoms with van der Waals surface area (Å²) in [5.41, 5.74) is 0. The van der Waals surface area contributed by atoms with E-state index in [-0.39, 0.29) is 19.5 Å². The molecule has 1 heteroatoms. The molecule has 0 spiro atoms. The van der Waals surface area contributed by atoms with E-state index in [9.17, 15) is 0 Å². The summed E-state index contributed by atoms with van der Waals surface area (Å²) in [6.07, 6.45) is 24.0. The molecule has 0 aromatic rings. The third-order valence-corrected chi connectivity index (χ3v) is 1.92. The van der Waals surface area contributed by atoms with Gasteiger partial charge in [0.05, 0.1) is 0 Å². The summed E-state index contributed by atoms with van der Waals surface area (Å²) in [6, 6.07) is 0. The van der Waals surface area contributed by atoms with Gasteiger partial charge in [-0.15, -0.1) is 6.42 Å². The van der Waals surface area contributed by atoms with Crippen molar-refractivity contribution in [2.24, 2.45) is 0 Å². The van der Waals surface area contributed by atoms with Crippen molar-refractivity contribution >= 4 is 0 Å². The van der Waals surface area contributed by atoms with Gasteiger partial charge in [-0.05, 0) is 25.7 Å². The van der Waals surface area contributed by atoms with E-state index in [4.69, 9.17) is 0 Å². The fraction of sp³-hybridized carbons (Fsp3) is 0.385. The Bertz CT molecular complexity index is 185. The van der Waals surface area contributed by atoms with Gasteiger partial charge >= 0.3 is 0 Å². The Morgan fingerprint density at radius 1 is 0.714 bits per heavy atom. The number of allylic oxidation sites excluding steroid dienone is 8. The molecule has 0 nitrogen and oxygen atoms in total. The van der Waals surface area contributed by atoms with E-state index < -0.39 is 0 Å². The van der Waals surface area contributed by atoms with Crippen LogP contribution in [0.3, 0.4) is 0 Å². The van der Waals surface area contributed by atoms with Crippen molar-refractivity contribution in [3.05, 3.63) is 48.6 Å². The second kappa shape index (κ2) is 10.7. The summed E-state index contributed by atoms with van der Waals surface area (Å²) in [5.74, 6) is 0. The second-order valence-corrected chi connectivity index (χ2v) is 3.10. The molecule has 79 valence electrons. The van der Waals surface area contributed by atoms with Crippen molar-refractivity contribution in [3.8, 4) is 0 Å². The normalized spacial score (nSPS) is 20.0. The summed E-state index contributed by atoms with van der Waals surface area (Å²) in [5, 5.41) is 0. The van der Waals surface area contributed by atoms with E-state index in [0.29, 0.717) is 0 Å². The fourth-order valence-electron chi connectivity index (χ4n) is 1.20. The first-order valence-corrected chi connectivity index (χ1v) is 5.02. The smallest absolute Gasteiger partial charge is 0 e. The van der Waals surface area contributed by atoms with Gasteiger partial charge in [-0.25, -0.2) is 12.2 Å². The van der Waals surface area contributed by atoms with Crippen LogP contribution in [0.25, 0.3) is 0 Å². The molecule has 0 saturated carbocycles.